The van der Waals surface area contributed by atoms with Gasteiger partial charge in [-0.05, 0) is 63.3 Å². The zero-order chi connectivity index (χ0) is 21.0. The van der Waals surface area contributed by atoms with Crippen LogP contribution in [-0.2, 0) is 27.1 Å². The van der Waals surface area contributed by atoms with Gasteiger partial charge in [0.05, 0.1) is 17.7 Å². The lowest BCUT2D eigenvalue weighted by Crippen LogP contribution is -2.30. The molecular weight excluding hydrogens is 397 g/mol. The van der Waals surface area contributed by atoms with Gasteiger partial charge in [-0.3, -0.25) is 4.79 Å². The predicted octanol–water partition coefficient (Wildman–Crippen LogP) is 4.13. The molecule has 0 spiro atoms. The number of hydrogen-bond donors (Lipinski definition) is 1. The molecule has 0 unspecified atom stereocenters. The molecule has 0 saturated heterocycles. The number of carbonyl (C=O) groups excluding carboxylic acids is 3. The smallest absolute Gasteiger partial charge is 0.341 e. The summed E-state index contributed by atoms with van der Waals surface area (Å²) < 4.78 is 23.6. The van der Waals surface area contributed by atoms with Gasteiger partial charge in [0, 0.05) is 4.88 Å². The number of hydrogen-bond acceptors (Lipinski definition) is 6. The Bertz CT molecular complexity index is 939. The Morgan fingerprint density at radius 1 is 1.21 bits per heavy atom. The van der Waals surface area contributed by atoms with Crippen molar-refractivity contribution >= 4 is 34.2 Å². The molecule has 1 aromatic heterocycles. The Kier molecular flexibility index (Phi) is 6.64. The Morgan fingerprint density at radius 3 is 2.69 bits per heavy atom. The van der Waals surface area contributed by atoms with Gasteiger partial charge in [-0.15, -0.1) is 11.3 Å². The normalized spacial score (nSPS) is 13.9. The largest absolute Gasteiger partial charge is 0.462 e. The summed E-state index contributed by atoms with van der Waals surface area (Å²) in [4.78, 5) is 38.3. The third-order valence-corrected chi connectivity index (χ3v) is 5.81. The number of ether oxygens (including phenoxy) is 2. The van der Waals surface area contributed by atoms with Gasteiger partial charge in [0.1, 0.15) is 10.8 Å². The van der Waals surface area contributed by atoms with Crippen LogP contribution in [0.2, 0.25) is 0 Å². The molecule has 0 fully saturated rings. The number of esters is 2. The molecule has 0 aliphatic heterocycles. The summed E-state index contributed by atoms with van der Waals surface area (Å²) in [6.07, 6.45) is 2.50. The lowest BCUT2D eigenvalue weighted by Gasteiger charge is -2.14. The summed E-state index contributed by atoms with van der Waals surface area (Å²) in [7, 11) is 0. The van der Waals surface area contributed by atoms with E-state index in [1.165, 1.54) is 36.5 Å². The lowest BCUT2D eigenvalue weighted by molar-refractivity contribution is -0.123. The van der Waals surface area contributed by atoms with Crippen LogP contribution in [0.5, 0.6) is 0 Å². The SMILES string of the molecule is CCOC(=O)c1c(NC(=O)[C@@H](C)OC(=O)c2cccc(F)c2)sc2c1CCCC2. The van der Waals surface area contributed by atoms with Gasteiger partial charge >= 0.3 is 11.9 Å². The van der Waals surface area contributed by atoms with Crippen LogP contribution in [0.15, 0.2) is 24.3 Å². The van der Waals surface area contributed by atoms with E-state index in [4.69, 9.17) is 9.47 Å². The zero-order valence-electron chi connectivity index (χ0n) is 16.2. The number of carbonyl (C=O) groups is 3. The Hall–Kier alpha value is -2.74. The second kappa shape index (κ2) is 9.17. The number of thiophene rings is 1. The van der Waals surface area contributed by atoms with Gasteiger partial charge < -0.3 is 14.8 Å². The minimum Gasteiger partial charge on any atom is -0.462 e. The first kappa shape index (κ1) is 21.0. The number of amides is 1. The molecule has 1 aromatic carbocycles. The molecule has 1 atom stereocenters. The Labute approximate surface area is 172 Å². The first-order valence-corrected chi connectivity index (χ1v) is 10.3. The number of benzene rings is 1. The number of fused-ring (bicyclic) bond motifs is 1. The number of rotatable bonds is 6. The van der Waals surface area contributed by atoms with Crippen LogP contribution < -0.4 is 5.32 Å². The molecular formula is C21H22FNO5S. The highest BCUT2D eigenvalue weighted by Crippen LogP contribution is 2.38. The minimum absolute atomic E-state index is 0.0171. The fourth-order valence-electron chi connectivity index (χ4n) is 3.18. The first-order valence-electron chi connectivity index (χ1n) is 9.49. The molecule has 1 aliphatic carbocycles. The molecule has 0 radical (unpaired) electrons. The molecule has 1 amide bonds. The van der Waals surface area contributed by atoms with Crippen molar-refractivity contribution in [2.24, 2.45) is 0 Å². The van der Waals surface area contributed by atoms with Gasteiger partial charge in [0.25, 0.3) is 5.91 Å². The predicted molar refractivity (Wildman–Crippen MR) is 107 cm³/mol. The van der Waals surface area contributed by atoms with Gasteiger partial charge in [0.15, 0.2) is 6.10 Å². The molecule has 154 valence electrons. The highest BCUT2D eigenvalue weighted by molar-refractivity contribution is 7.17. The highest BCUT2D eigenvalue weighted by Gasteiger charge is 2.29. The van der Waals surface area contributed by atoms with Crippen LogP contribution in [0.3, 0.4) is 0 Å². The molecule has 8 heteroatoms. The molecule has 1 heterocycles. The molecule has 0 bridgehead atoms. The van der Waals surface area contributed by atoms with Gasteiger partial charge in [-0.1, -0.05) is 6.07 Å². The summed E-state index contributed by atoms with van der Waals surface area (Å²) in [6, 6.07) is 5.04. The minimum atomic E-state index is -1.13. The molecule has 29 heavy (non-hydrogen) atoms. The van der Waals surface area contributed by atoms with Crippen molar-refractivity contribution in [1.29, 1.82) is 0 Å². The van der Waals surface area contributed by atoms with E-state index in [2.05, 4.69) is 5.32 Å². The summed E-state index contributed by atoms with van der Waals surface area (Å²) in [5, 5.41) is 3.11. The maximum absolute atomic E-state index is 13.3. The number of anilines is 1. The third-order valence-electron chi connectivity index (χ3n) is 4.60. The second-order valence-electron chi connectivity index (χ2n) is 6.68. The van der Waals surface area contributed by atoms with Gasteiger partial charge in [-0.25, -0.2) is 14.0 Å². The number of aryl methyl sites for hydroxylation is 1. The third kappa shape index (κ3) is 4.82. The van der Waals surface area contributed by atoms with Crippen molar-refractivity contribution in [3.05, 3.63) is 51.7 Å². The van der Waals surface area contributed by atoms with Crippen molar-refractivity contribution < 1.29 is 28.2 Å². The van der Waals surface area contributed by atoms with Crippen molar-refractivity contribution in [1.82, 2.24) is 0 Å². The van der Waals surface area contributed by atoms with Gasteiger partial charge in [0.2, 0.25) is 0 Å². The summed E-state index contributed by atoms with van der Waals surface area (Å²) in [5.74, 6) is -2.41. The maximum atomic E-state index is 13.3. The van der Waals surface area contributed by atoms with E-state index in [-0.39, 0.29) is 12.2 Å². The quantitative estimate of drug-likeness (QED) is 0.712. The first-order chi connectivity index (χ1) is 13.9. The summed E-state index contributed by atoms with van der Waals surface area (Å²) >= 11 is 1.36. The van der Waals surface area contributed by atoms with E-state index in [9.17, 15) is 18.8 Å². The van der Waals surface area contributed by atoms with Crippen LogP contribution in [0.25, 0.3) is 0 Å². The van der Waals surface area contributed by atoms with E-state index in [0.717, 1.165) is 42.2 Å². The lowest BCUT2D eigenvalue weighted by atomic mass is 9.95. The molecule has 6 nitrogen and oxygen atoms in total. The van der Waals surface area contributed by atoms with Crippen LogP contribution in [0, 0.1) is 5.82 Å². The fraction of sp³-hybridized carbons (Fsp3) is 0.381. The molecule has 1 N–H and O–H groups in total. The Balaban J connectivity index is 1.75. The summed E-state index contributed by atoms with van der Waals surface area (Å²) in [6.45, 7) is 3.38. The maximum Gasteiger partial charge on any atom is 0.341 e. The summed E-state index contributed by atoms with van der Waals surface area (Å²) in [5.41, 5.74) is 1.34. The molecule has 2 aromatic rings. The molecule has 1 aliphatic rings. The van der Waals surface area contributed by atoms with E-state index in [0.29, 0.717) is 10.6 Å². The highest BCUT2D eigenvalue weighted by atomic mass is 32.1. The standard InChI is InChI=1S/C21H22FNO5S/c1-3-27-21(26)17-15-9-4-5-10-16(15)29-19(17)23-18(24)12(2)28-20(25)13-7-6-8-14(22)11-13/h6-8,11-12H,3-5,9-10H2,1-2H3,(H,23,24)/t12-/m1/s1. The monoisotopic (exact) mass is 419 g/mol. The van der Waals surface area contributed by atoms with Gasteiger partial charge in [-0.2, -0.15) is 0 Å². The average molecular weight is 419 g/mol. The number of nitrogens with one attached hydrogen (secondary N) is 1. The van der Waals surface area contributed by atoms with E-state index in [1.807, 2.05) is 0 Å². The zero-order valence-corrected chi connectivity index (χ0v) is 17.1. The van der Waals surface area contributed by atoms with Crippen molar-refractivity contribution in [2.75, 3.05) is 11.9 Å². The number of halogens is 1. The van der Waals surface area contributed by atoms with E-state index < -0.39 is 29.8 Å². The van der Waals surface area contributed by atoms with Crippen LogP contribution in [-0.4, -0.2) is 30.6 Å². The Morgan fingerprint density at radius 2 is 1.97 bits per heavy atom. The topological polar surface area (TPSA) is 81.7 Å². The van der Waals surface area contributed by atoms with Crippen LogP contribution >= 0.6 is 11.3 Å². The van der Waals surface area contributed by atoms with Crippen molar-refractivity contribution in [3.8, 4) is 0 Å². The van der Waals surface area contributed by atoms with E-state index in [1.54, 1.807) is 6.92 Å². The fourth-order valence-corrected chi connectivity index (χ4v) is 4.46. The van der Waals surface area contributed by atoms with Crippen molar-refractivity contribution in [3.63, 3.8) is 0 Å². The van der Waals surface area contributed by atoms with Crippen molar-refractivity contribution in [2.45, 2.75) is 45.6 Å². The second-order valence-corrected chi connectivity index (χ2v) is 7.79. The van der Waals surface area contributed by atoms with Crippen LogP contribution in [0.1, 0.15) is 57.8 Å². The van der Waals surface area contributed by atoms with Crippen LogP contribution in [0.4, 0.5) is 9.39 Å². The molecule has 0 saturated carbocycles. The average Bonchev–Trinajstić information content (AvgIpc) is 3.05. The molecule has 3 rings (SSSR count). The van der Waals surface area contributed by atoms with E-state index >= 15 is 0 Å².